The van der Waals surface area contributed by atoms with E-state index in [1.54, 1.807) is 19.1 Å². The van der Waals surface area contributed by atoms with Gasteiger partial charge in [0.2, 0.25) is 0 Å². The molecule has 0 atom stereocenters. The summed E-state index contributed by atoms with van der Waals surface area (Å²) in [4.78, 5) is 19.6. The molecule has 0 bridgehead atoms. The molecule has 3 rings (SSSR count). The zero-order chi connectivity index (χ0) is 20.8. The van der Waals surface area contributed by atoms with Crippen LogP contribution >= 0.6 is 0 Å². The molecule has 5 nitrogen and oxygen atoms in total. The number of aryl methyl sites for hydroxylation is 1. The van der Waals surface area contributed by atoms with Crippen molar-refractivity contribution >= 4 is 23.1 Å². The topological polar surface area (TPSA) is 51.1 Å². The van der Waals surface area contributed by atoms with E-state index in [9.17, 15) is 4.79 Å². The maximum absolute atomic E-state index is 13.3. The third-order valence-corrected chi connectivity index (χ3v) is 4.52. The Kier molecular flexibility index (Phi) is 6.29. The lowest BCUT2D eigenvalue weighted by Gasteiger charge is -2.23. The summed E-state index contributed by atoms with van der Waals surface area (Å²) in [6.45, 7) is 3.81. The fourth-order valence-electron chi connectivity index (χ4n) is 2.90. The Labute approximate surface area is 171 Å². The standard InChI is InChI=1S/C24H24N2O3/c1-17-5-7-19(8-6-17)24(27)26(21-11-15-23(29-4)16-12-21)18(2)25-20-9-13-22(28-3)14-10-20/h5-16H,1-4H3. The SMILES string of the molecule is COc1ccc(N=C(C)N(C(=O)c2ccc(C)cc2)c2ccc(OC)cc2)cc1. The van der Waals surface area contributed by atoms with Crippen molar-refractivity contribution in [1.82, 2.24) is 0 Å². The quantitative estimate of drug-likeness (QED) is 0.434. The Morgan fingerprint density at radius 3 is 1.83 bits per heavy atom. The first-order chi connectivity index (χ1) is 14.0. The van der Waals surface area contributed by atoms with E-state index in [4.69, 9.17) is 9.47 Å². The molecule has 3 aromatic carbocycles. The van der Waals surface area contributed by atoms with Crippen LogP contribution in [-0.4, -0.2) is 26.0 Å². The molecule has 5 heteroatoms. The van der Waals surface area contributed by atoms with E-state index in [0.717, 1.165) is 22.7 Å². The lowest BCUT2D eigenvalue weighted by atomic mass is 10.1. The number of ether oxygens (including phenoxy) is 2. The molecular formula is C24H24N2O3. The maximum atomic E-state index is 13.3. The highest BCUT2D eigenvalue weighted by atomic mass is 16.5. The molecule has 148 valence electrons. The Hall–Kier alpha value is -3.60. The molecular weight excluding hydrogens is 364 g/mol. The number of anilines is 1. The summed E-state index contributed by atoms with van der Waals surface area (Å²) in [5.41, 5.74) is 3.14. The number of amidine groups is 1. The zero-order valence-electron chi connectivity index (χ0n) is 17.0. The summed E-state index contributed by atoms with van der Waals surface area (Å²) in [7, 11) is 3.23. The molecule has 1 amide bonds. The van der Waals surface area contributed by atoms with Gasteiger partial charge in [0.05, 0.1) is 25.6 Å². The van der Waals surface area contributed by atoms with Gasteiger partial charge in [0.15, 0.2) is 0 Å². The van der Waals surface area contributed by atoms with Crippen LogP contribution in [0.2, 0.25) is 0 Å². The smallest absolute Gasteiger partial charge is 0.263 e. The van der Waals surface area contributed by atoms with Crippen molar-refractivity contribution in [1.29, 1.82) is 0 Å². The van der Waals surface area contributed by atoms with E-state index in [1.165, 1.54) is 0 Å². The summed E-state index contributed by atoms with van der Waals surface area (Å²) < 4.78 is 10.4. The second-order valence-corrected chi connectivity index (χ2v) is 6.56. The van der Waals surface area contributed by atoms with Gasteiger partial charge in [-0.1, -0.05) is 17.7 Å². The fraction of sp³-hybridized carbons (Fsp3) is 0.167. The molecule has 0 aliphatic heterocycles. The van der Waals surface area contributed by atoms with E-state index in [-0.39, 0.29) is 5.91 Å². The number of hydrogen-bond acceptors (Lipinski definition) is 4. The van der Waals surface area contributed by atoms with E-state index in [0.29, 0.717) is 17.1 Å². The summed E-state index contributed by atoms with van der Waals surface area (Å²) in [5, 5.41) is 0. The van der Waals surface area contributed by atoms with E-state index >= 15 is 0 Å². The fourth-order valence-corrected chi connectivity index (χ4v) is 2.90. The van der Waals surface area contributed by atoms with Gasteiger partial charge in [-0.25, -0.2) is 4.99 Å². The summed E-state index contributed by atoms with van der Waals surface area (Å²) >= 11 is 0. The monoisotopic (exact) mass is 388 g/mol. The molecule has 0 heterocycles. The van der Waals surface area contributed by atoms with Crippen LogP contribution in [0.5, 0.6) is 11.5 Å². The highest BCUT2D eigenvalue weighted by Crippen LogP contribution is 2.24. The van der Waals surface area contributed by atoms with Gasteiger partial charge in [-0.2, -0.15) is 0 Å². The van der Waals surface area contributed by atoms with Crippen LogP contribution in [-0.2, 0) is 0 Å². The Morgan fingerprint density at radius 2 is 1.31 bits per heavy atom. The summed E-state index contributed by atoms with van der Waals surface area (Å²) in [6.07, 6.45) is 0. The second kappa shape index (κ2) is 9.06. The number of hydrogen-bond donors (Lipinski definition) is 0. The van der Waals surface area contributed by atoms with Gasteiger partial charge in [0.25, 0.3) is 5.91 Å². The van der Waals surface area contributed by atoms with Crippen LogP contribution in [0, 0.1) is 6.92 Å². The van der Waals surface area contributed by atoms with Crippen molar-refractivity contribution in [2.24, 2.45) is 4.99 Å². The number of aliphatic imine (C=N–C) groups is 1. The number of carbonyl (C=O) groups excluding carboxylic acids is 1. The molecule has 0 saturated heterocycles. The van der Waals surface area contributed by atoms with Crippen molar-refractivity contribution < 1.29 is 14.3 Å². The first-order valence-corrected chi connectivity index (χ1v) is 9.26. The predicted molar refractivity (Wildman–Crippen MR) is 117 cm³/mol. The highest BCUT2D eigenvalue weighted by Gasteiger charge is 2.21. The minimum absolute atomic E-state index is 0.148. The van der Waals surface area contributed by atoms with Crippen LogP contribution in [0.4, 0.5) is 11.4 Å². The third kappa shape index (κ3) is 4.82. The number of methoxy groups -OCH3 is 2. The second-order valence-electron chi connectivity index (χ2n) is 6.56. The molecule has 0 aliphatic carbocycles. The van der Waals surface area contributed by atoms with Crippen molar-refractivity contribution in [3.8, 4) is 11.5 Å². The average Bonchev–Trinajstić information content (AvgIpc) is 2.75. The molecule has 0 fully saturated rings. The molecule has 0 radical (unpaired) electrons. The minimum atomic E-state index is -0.148. The molecule has 0 aromatic heterocycles. The largest absolute Gasteiger partial charge is 0.497 e. The molecule has 3 aromatic rings. The lowest BCUT2D eigenvalue weighted by Crippen LogP contribution is -2.35. The number of amides is 1. The summed E-state index contributed by atoms with van der Waals surface area (Å²) in [6, 6.07) is 22.2. The van der Waals surface area contributed by atoms with Crippen LogP contribution in [0.25, 0.3) is 0 Å². The number of benzene rings is 3. The summed E-state index contributed by atoms with van der Waals surface area (Å²) in [5.74, 6) is 1.89. The Balaban J connectivity index is 2.01. The van der Waals surface area contributed by atoms with Crippen LogP contribution in [0.1, 0.15) is 22.8 Å². The van der Waals surface area contributed by atoms with Gasteiger partial charge >= 0.3 is 0 Å². The number of carbonyl (C=O) groups is 1. The molecule has 0 spiro atoms. The minimum Gasteiger partial charge on any atom is -0.497 e. The zero-order valence-corrected chi connectivity index (χ0v) is 17.0. The van der Waals surface area contributed by atoms with Crippen LogP contribution in [0.3, 0.4) is 0 Å². The lowest BCUT2D eigenvalue weighted by molar-refractivity contribution is 0.100. The van der Waals surface area contributed by atoms with Gasteiger partial charge in [0, 0.05) is 5.56 Å². The Bertz CT molecular complexity index is 992. The van der Waals surface area contributed by atoms with Crippen molar-refractivity contribution in [2.75, 3.05) is 19.1 Å². The van der Waals surface area contributed by atoms with Crippen LogP contribution in [0.15, 0.2) is 77.8 Å². The van der Waals surface area contributed by atoms with Gasteiger partial charge in [-0.3, -0.25) is 9.69 Å². The normalized spacial score (nSPS) is 11.1. The molecule has 0 saturated carbocycles. The van der Waals surface area contributed by atoms with Crippen molar-refractivity contribution in [2.45, 2.75) is 13.8 Å². The van der Waals surface area contributed by atoms with Crippen molar-refractivity contribution in [3.63, 3.8) is 0 Å². The highest BCUT2D eigenvalue weighted by molar-refractivity contribution is 6.22. The predicted octanol–water partition coefficient (Wildman–Crippen LogP) is 5.41. The molecule has 0 unspecified atom stereocenters. The maximum Gasteiger partial charge on any atom is 0.263 e. The van der Waals surface area contributed by atoms with E-state index in [1.807, 2.05) is 86.6 Å². The first-order valence-electron chi connectivity index (χ1n) is 9.26. The number of nitrogens with zero attached hydrogens (tertiary/aromatic N) is 2. The van der Waals surface area contributed by atoms with E-state index < -0.39 is 0 Å². The van der Waals surface area contributed by atoms with Crippen molar-refractivity contribution in [3.05, 3.63) is 83.9 Å². The molecule has 0 aliphatic rings. The molecule has 29 heavy (non-hydrogen) atoms. The average molecular weight is 388 g/mol. The Morgan fingerprint density at radius 1 is 0.793 bits per heavy atom. The number of rotatable bonds is 5. The van der Waals surface area contributed by atoms with Crippen LogP contribution < -0.4 is 14.4 Å². The molecule has 0 N–H and O–H groups in total. The van der Waals surface area contributed by atoms with Gasteiger partial charge < -0.3 is 9.47 Å². The van der Waals surface area contributed by atoms with Gasteiger partial charge in [0.1, 0.15) is 17.3 Å². The first kappa shape index (κ1) is 20.1. The van der Waals surface area contributed by atoms with E-state index in [2.05, 4.69) is 4.99 Å². The van der Waals surface area contributed by atoms with Gasteiger partial charge in [-0.15, -0.1) is 0 Å². The third-order valence-electron chi connectivity index (χ3n) is 4.52. The van der Waals surface area contributed by atoms with Gasteiger partial charge in [-0.05, 0) is 74.5 Å².